The van der Waals surface area contributed by atoms with Crippen LogP contribution in [-0.2, 0) is 11.0 Å². The molecular formula is C27H27N3OSi. The van der Waals surface area contributed by atoms with Gasteiger partial charge in [0.15, 0.2) is 0 Å². The molecule has 0 aliphatic rings. The fourth-order valence-corrected chi connectivity index (χ4v) is 9.24. The second-order valence-corrected chi connectivity index (χ2v) is 13.6. The summed E-state index contributed by atoms with van der Waals surface area (Å²) in [5.41, 5.74) is 2.97. The summed E-state index contributed by atoms with van der Waals surface area (Å²) < 4.78 is 7.07. The summed E-state index contributed by atoms with van der Waals surface area (Å²) in [5.74, 6) is 0. The zero-order chi connectivity index (χ0) is 22.2. The summed E-state index contributed by atoms with van der Waals surface area (Å²) in [5, 5.41) is 11.9. The van der Waals surface area contributed by atoms with Gasteiger partial charge in [-0.25, -0.2) is 0 Å². The highest BCUT2D eigenvalue weighted by molar-refractivity contribution is 6.99. The van der Waals surface area contributed by atoms with E-state index in [1.165, 1.54) is 10.4 Å². The van der Waals surface area contributed by atoms with Crippen molar-refractivity contribution >= 4 is 40.5 Å². The number of benzene rings is 3. The molecule has 0 fully saturated rings. The first-order valence-electron chi connectivity index (χ1n) is 11.0. The van der Waals surface area contributed by atoms with E-state index in [4.69, 9.17) is 4.43 Å². The van der Waals surface area contributed by atoms with Crippen LogP contribution in [0.4, 0.5) is 0 Å². The average Bonchev–Trinajstić information content (AvgIpc) is 3.29. The molecule has 0 unspecified atom stereocenters. The Morgan fingerprint density at radius 1 is 0.812 bits per heavy atom. The third kappa shape index (κ3) is 3.44. The molecule has 0 aliphatic carbocycles. The van der Waals surface area contributed by atoms with E-state index in [0.717, 1.165) is 27.4 Å². The van der Waals surface area contributed by atoms with Crippen LogP contribution < -0.4 is 10.4 Å². The fraction of sp³-hybridized carbons (Fsp3) is 0.185. The number of H-pyrrole nitrogens is 1. The molecule has 0 aliphatic heterocycles. The van der Waals surface area contributed by atoms with Crippen LogP contribution in [0.1, 0.15) is 26.3 Å². The first kappa shape index (κ1) is 20.6. The second-order valence-electron chi connectivity index (χ2n) is 9.25. The van der Waals surface area contributed by atoms with Crippen molar-refractivity contribution in [2.45, 2.75) is 32.4 Å². The molecule has 5 aromatic rings. The van der Waals surface area contributed by atoms with E-state index in [9.17, 15) is 0 Å². The minimum atomic E-state index is -2.57. The quantitative estimate of drug-likeness (QED) is 0.385. The summed E-state index contributed by atoms with van der Waals surface area (Å²) in [7, 11) is -2.57. The van der Waals surface area contributed by atoms with Crippen LogP contribution in [0.15, 0.2) is 91.3 Å². The van der Waals surface area contributed by atoms with Crippen LogP contribution in [0.3, 0.4) is 0 Å². The molecule has 3 aromatic carbocycles. The lowest BCUT2D eigenvalue weighted by Gasteiger charge is -2.43. The molecule has 2 aromatic heterocycles. The highest BCUT2D eigenvalue weighted by Gasteiger charge is 2.50. The van der Waals surface area contributed by atoms with Crippen LogP contribution in [0.2, 0.25) is 5.04 Å². The Balaban J connectivity index is 1.58. The summed E-state index contributed by atoms with van der Waals surface area (Å²) >= 11 is 0. The smallest absolute Gasteiger partial charge is 0.261 e. The number of rotatable bonds is 5. The molecule has 0 spiro atoms. The minimum absolute atomic E-state index is 0.0479. The second kappa shape index (κ2) is 8.00. The van der Waals surface area contributed by atoms with Crippen LogP contribution in [0.5, 0.6) is 0 Å². The van der Waals surface area contributed by atoms with Gasteiger partial charge in [0.2, 0.25) is 0 Å². The molecule has 4 nitrogen and oxygen atoms in total. The number of aromatic amines is 1. The predicted molar refractivity (Wildman–Crippen MR) is 134 cm³/mol. The van der Waals surface area contributed by atoms with Gasteiger partial charge in [0.25, 0.3) is 8.32 Å². The van der Waals surface area contributed by atoms with Crippen LogP contribution in [0.25, 0.3) is 21.8 Å². The molecule has 0 atom stereocenters. The number of nitrogens with one attached hydrogen (secondary N) is 1. The van der Waals surface area contributed by atoms with E-state index in [1.54, 1.807) is 0 Å². The SMILES string of the molecule is CC(C)(C)[Si](OCc1ccc2c(c1)ncc1n[nH]cc12)(c1ccccc1)c1ccccc1. The number of pyridine rings is 1. The molecule has 0 saturated heterocycles. The topological polar surface area (TPSA) is 50.8 Å². The monoisotopic (exact) mass is 437 g/mol. The molecular weight excluding hydrogens is 410 g/mol. The summed E-state index contributed by atoms with van der Waals surface area (Å²) in [6.07, 6.45) is 3.75. The zero-order valence-corrected chi connectivity index (χ0v) is 19.7. The van der Waals surface area contributed by atoms with E-state index in [0.29, 0.717) is 6.61 Å². The normalized spacial score (nSPS) is 12.5. The van der Waals surface area contributed by atoms with Crippen LogP contribution in [0, 0.1) is 0 Å². The Kier molecular flexibility index (Phi) is 5.16. The van der Waals surface area contributed by atoms with Gasteiger partial charge in [-0.2, -0.15) is 5.10 Å². The Morgan fingerprint density at radius 2 is 1.47 bits per heavy atom. The molecule has 0 radical (unpaired) electrons. The number of hydrogen-bond donors (Lipinski definition) is 1. The number of aromatic nitrogens is 3. The number of nitrogens with zero attached hydrogens (tertiary/aromatic N) is 2. The van der Waals surface area contributed by atoms with E-state index in [-0.39, 0.29) is 5.04 Å². The van der Waals surface area contributed by atoms with Crippen molar-refractivity contribution in [3.8, 4) is 0 Å². The highest BCUT2D eigenvalue weighted by atomic mass is 28.4. The maximum Gasteiger partial charge on any atom is 0.261 e. The molecule has 0 saturated carbocycles. The van der Waals surface area contributed by atoms with Gasteiger partial charge >= 0.3 is 0 Å². The van der Waals surface area contributed by atoms with Crippen molar-refractivity contribution in [2.75, 3.05) is 0 Å². The van der Waals surface area contributed by atoms with E-state index >= 15 is 0 Å². The van der Waals surface area contributed by atoms with Crippen molar-refractivity contribution in [3.05, 3.63) is 96.8 Å². The highest BCUT2D eigenvalue weighted by Crippen LogP contribution is 2.37. The maximum atomic E-state index is 7.07. The van der Waals surface area contributed by atoms with Gasteiger partial charge in [-0.1, -0.05) is 93.6 Å². The predicted octanol–water partition coefficient (Wildman–Crippen LogP) is 5.19. The summed E-state index contributed by atoms with van der Waals surface area (Å²) in [6, 6.07) is 27.9. The third-order valence-corrected chi connectivity index (χ3v) is 11.2. The van der Waals surface area contributed by atoms with Crippen molar-refractivity contribution in [3.63, 3.8) is 0 Å². The molecule has 0 bridgehead atoms. The van der Waals surface area contributed by atoms with Gasteiger partial charge in [-0.15, -0.1) is 0 Å². The van der Waals surface area contributed by atoms with Gasteiger partial charge in [0.05, 0.1) is 18.3 Å². The molecule has 0 amide bonds. The van der Waals surface area contributed by atoms with Gasteiger partial charge < -0.3 is 4.43 Å². The largest absolute Gasteiger partial charge is 0.403 e. The average molecular weight is 438 g/mol. The van der Waals surface area contributed by atoms with Crippen molar-refractivity contribution in [1.29, 1.82) is 0 Å². The minimum Gasteiger partial charge on any atom is -0.403 e. The molecule has 5 rings (SSSR count). The van der Waals surface area contributed by atoms with Crippen LogP contribution in [-0.4, -0.2) is 23.5 Å². The lowest BCUT2D eigenvalue weighted by atomic mass is 10.1. The number of fused-ring (bicyclic) bond motifs is 3. The van der Waals surface area contributed by atoms with Gasteiger partial charge in [0, 0.05) is 17.0 Å². The molecule has 2 heterocycles. The summed E-state index contributed by atoms with van der Waals surface area (Å²) in [6.45, 7) is 7.44. The molecule has 160 valence electrons. The van der Waals surface area contributed by atoms with Crippen molar-refractivity contribution in [2.24, 2.45) is 0 Å². The van der Waals surface area contributed by atoms with E-state index < -0.39 is 8.32 Å². The first-order chi connectivity index (χ1) is 15.5. The van der Waals surface area contributed by atoms with Crippen molar-refractivity contribution < 1.29 is 4.43 Å². The molecule has 1 N–H and O–H groups in total. The maximum absolute atomic E-state index is 7.07. The van der Waals surface area contributed by atoms with Gasteiger partial charge in [-0.05, 0) is 27.0 Å². The standard InChI is InChI=1S/C27H27N3OSi/c1-27(2,3)32(21-10-6-4-7-11-21,22-12-8-5-9-13-22)31-19-20-14-15-23-24-17-29-30-26(24)18-28-25(23)16-20/h4-18H,19H2,1-3H3,(H,29,30). The van der Waals surface area contributed by atoms with Gasteiger partial charge in [-0.3, -0.25) is 10.1 Å². The zero-order valence-electron chi connectivity index (χ0n) is 18.7. The Hall–Kier alpha value is -3.28. The Bertz CT molecular complexity index is 1320. The van der Waals surface area contributed by atoms with Gasteiger partial charge in [0.1, 0.15) is 5.52 Å². The van der Waals surface area contributed by atoms with E-state index in [2.05, 4.69) is 115 Å². The molecule has 5 heteroatoms. The number of hydrogen-bond acceptors (Lipinski definition) is 3. The van der Waals surface area contributed by atoms with E-state index in [1.807, 2.05) is 12.4 Å². The lowest BCUT2D eigenvalue weighted by molar-refractivity contribution is 0.286. The van der Waals surface area contributed by atoms with Crippen molar-refractivity contribution in [1.82, 2.24) is 15.2 Å². The first-order valence-corrected chi connectivity index (χ1v) is 12.9. The Morgan fingerprint density at radius 3 is 2.09 bits per heavy atom. The van der Waals surface area contributed by atoms with Crippen LogP contribution >= 0.6 is 0 Å². The third-order valence-electron chi connectivity index (χ3n) is 6.22. The Labute approximate surface area is 189 Å². The molecule has 32 heavy (non-hydrogen) atoms. The fourth-order valence-electron chi connectivity index (χ4n) is 4.70. The lowest BCUT2D eigenvalue weighted by Crippen LogP contribution is -2.66. The summed E-state index contributed by atoms with van der Waals surface area (Å²) in [4.78, 5) is 4.63.